The number of rotatable bonds is 5. The number of ether oxygens (including phenoxy) is 1. The van der Waals surface area contributed by atoms with Gasteiger partial charge in [0.05, 0.1) is 0 Å². The summed E-state index contributed by atoms with van der Waals surface area (Å²) in [6.07, 6.45) is 0. The van der Waals surface area contributed by atoms with E-state index in [-0.39, 0.29) is 11.8 Å². The Bertz CT molecular complexity index is 613. The highest BCUT2D eigenvalue weighted by Crippen LogP contribution is 2.25. The average molecular weight is 291 g/mol. The summed E-state index contributed by atoms with van der Waals surface area (Å²) >= 11 is 0. The molecule has 0 aliphatic heterocycles. The summed E-state index contributed by atoms with van der Waals surface area (Å²) in [6.45, 7) is 3.34. The first-order valence-corrected chi connectivity index (χ1v) is 6.84. The molecule has 2 aromatic carbocycles. The molecule has 21 heavy (non-hydrogen) atoms. The van der Waals surface area contributed by atoms with Gasteiger partial charge in [-0.05, 0) is 44.0 Å². The first kappa shape index (κ1) is 15.3. The third-order valence-corrected chi connectivity index (χ3v) is 3.34. The van der Waals surface area contributed by atoms with Crippen LogP contribution < -0.4 is 10.1 Å². The average Bonchev–Trinajstić information content (AvgIpc) is 2.41. The molecule has 2 rings (SSSR count). The zero-order chi connectivity index (χ0) is 15.4. The maximum absolute atomic E-state index is 12.2. The van der Waals surface area contributed by atoms with Crippen LogP contribution in [0.25, 0.3) is 0 Å². The molecule has 0 radical (unpaired) electrons. The van der Waals surface area contributed by atoms with Gasteiger partial charge in [-0.15, -0.1) is 0 Å². The normalized spacial score (nSPS) is 12.3. The number of aryl methyl sites for hydroxylation is 2. The molecule has 0 saturated heterocycles. The lowest BCUT2D eigenvalue weighted by molar-refractivity contribution is -0.0498. The van der Waals surface area contributed by atoms with Gasteiger partial charge in [-0.25, -0.2) is 0 Å². The number of anilines is 1. The fraction of sp³-hybridized carbons (Fsp3) is 0.294. The summed E-state index contributed by atoms with van der Waals surface area (Å²) in [4.78, 5) is 0. The lowest BCUT2D eigenvalue weighted by atomic mass is 10.00. The Labute approximate surface area is 123 Å². The van der Waals surface area contributed by atoms with Gasteiger partial charge < -0.3 is 10.1 Å². The molecule has 0 saturated carbocycles. The van der Waals surface area contributed by atoms with E-state index in [9.17, 15) is 8.78 Å². The van der Waals surface area contributed by atoms with Gasteiger partial charge in [0.1, 0.15) is 5.75 Å². The van der Waals surface area contributed by atoms with Gasteiger partial charge in [-0.2, -0.15) is 8.78 Å². The van der Waals surface area contributed by atoms with Crippen LogP contribution >= 0.6 is 0 Å². The van der Waals surface area contributed by atoms with E-state index >= 15 is 0 Å². The number of hydrogen-bond acceptors (Lipinski definition) is 2. The number of halogens is 2. The molecule has 1 unspecified atom stereocenters. The van der Waals surface area contributed by atoms with Crippen molar-refractivity contribution in [3.8, 4) is 5.75 Å². The molecule has 0 bridgehead atoms. The molecule has 0 aliphatic carbocycles. The first-order chi connectivity index (χ1) is 9.95. The highest BCUT2D eigenvalue weighted by Gasteiger charge is 2.10. The van der Waals surface area contributed by atoms with Crippen LogP contribution in [0.1, 0.15) is 29.7 Å². The quantitative estimate of drug-likeness (QED) is 0.829. The zero-order valence-electron chi connectivity index (χ0n) is 12.4. The number of nitrogens with one attached hydrogen (secondary N) is 1. The summed E-state index contributed by atoms with van der Waals surface area (Å²) < 4.78 is 28.9. The van der Waals surface area contributed by atoms with E-state index < -0.39 is 6.61 Å². The second-order valence-electron chi connectivity index (χ2n) is 5.13. The van der Waals surface area contributed by atoms with Crippen molar-refractivity contribution in [1.29, 1.82) is 0 Å². The summed E-state index contributed by atoms with van der Waals surface area (Å²) in [5.41, 5.74) is 4.33. The molecule has 0 aromatic heterocycles. The van der Waals surface area contributed by atoms with E-state index in [1.807, 2.05) is 19.9 Å². The van der Waals surface area contributed by atoms with Crippen molar-refractivity contribution in [2.45, 2.75) is 33.4 Å². The van der Waals surface area contributed by atoms with Crippen LogP contribution in [0, 0.1) is 13.8 Å². The Morgan fingerprint density at radius 1 is 1.05 bits per heavy atom. The van der Waals surface area contributed by atoms with Crippen LogP contribution in [0.2, 0.25) is 0 Å². The molecule has 4 heteroatoms. The molecule has 2 aromatic rings. The largest absolute Gasteiger partial charge is 0.435 e. The van der Waals surface area contributed by atoms with E-state index in [4.69, 9.17) is 0 Å². The van der Waals surface area contributed by atoms with Crippen LogP contribution in [0.5, 0.6) is 5.75 Å². The molecule has 112 valence electrons. The van der Waals surface area contributed by atoms with Crippen LogP contribution in [0.4, 0.5) is 14.5 Å². The van der Waals surface area contributed by atoms with Crippen molar-refractivity contribution < 1.29 is 13.5 Å². The number of hydrogen-bond donors (Lipinski definition) is 1. The minimum absolute atomic E-state index is 0.0756. The molecule has 0 amide bonds. The number of benzene rings is 2. The molecule has 0 heterocycles. The van der Waals surface area contributed by atoms with Crippen molar-refractivity contribution in [1.82, 2.24) is 0 Å². The zero-order valence-corrected chi connectivity index (χ0v) is 12.4. The number of alkyl halides is 2. The van der Waals surface area contributed by atoms with Gasteiger partial charge in [0.25, 0.3) is 0 Å². The molecule has 2 nitrogen and oxygen atoms in total. The van der Waals surface area contributed by atoms with Gasteiger partial charge in [-0.1, -0.05) is 29.8 Å². The van der Waals surface area contributed by atoms with E-state index in [0.29, 0.717) is 0 Å². The van der Waals surface area contributed by atoms with Crippen LogP contribution in [-0.4, -0.2) is 6.61 Å². The Morgan fingerprint density at radius 2 is 1.81 bits per heavy atom. The molecule has 0 fully saturated rings. The highest BCUT2D eigenvalue weighted by molar-refractivity contribution is 5.50. The van der Waals surface area contributed by atoms with Crippen LogP contribution in [0.3, 0.4) is 0 Å². The van der Waals surface area contributed by atoms with Crippen LogP contribution in [0.15, 0.2) is 42.5 Å². The molecule has 0 aliphatic rings. The van der Waals surface area contributed by atoms with Gasteiger partial charge in [0.15, 0.2) is 0 Å². The Balaban J connectivity index is 2.15. The van der Waals surface area contributed by atoms with Crippen molar-refractivity contribution in [2.24, 2.45) is 0 Å². The second kappa shape index (κ2) is 6.57. The Hall–Kier alpha value is -2.10. The van der Waals surface area contributed by atoms with E-state index in [0.717, 1.165) is 5.69 Å². The molecule has 1 N–H and O–H groups in total. The summed E-state index contributed by atoms with van der Waals surface area (Å²) in [5.74, 6) is 0.156. The van der Waals surface area contributed by atoms with Crippen molar-refractivity contribution in [2.75, 3.05) is 5.32 Å². The predicted molar refractivity (Wildman–Crippen MR) is 81.0 cm³/mol. The monoisotopic (exact) mass is 291 g/mol. The van der Waals surface area contributed by atoms with Gasteiger partial charge in [0.2, 0.25) is 0 Å². The van der Waals surface area contributed by atoms with Crippen molar-refractivity contribution >= 4 is 5.69 Å². The SMILES string of the molecule is Cc1ccc(C)c(C(C)Nc2cccc(OC(F)F)c2)c1. The Kier molecular flexibility index (Phi) is 4.78. The maximum Gasteiger partial charge on any atom is 0.387 e. The highest BCUT2D eigenvalue weighted by atomic mass is 19.3. The molecule has 1 atom stereocenters. The van der Waals surface area contributed by atoms with Crippen molar-refractivity contribution in [3.05, 3.63) is 59.2 Å². The summed E-state index contributed by atoms with van der Waals surface area (Å²) in [5, 5.41) is 3.31. The van der Waals surface area contributed by atoms with Crippen LogP contribution in [-0.2, 0) is 0 Å². The minimum Gasteiger partial charge on any atom is -0.435 e. The van der Waals surface area contributed by atoms with Crippen molar-refractivity contribution in [3.63, 3.8) is 0 Å². The van der Waals surface area contributed by atoms with E-state index in [1.165, 1.54) is 22.8 Å². The third-order valence-electron chi connectivity index (χ3n) is 3.34. The third kappa shape index (κ3) is 4.18. The first-order valence-electron chi connectivity index (χ1n) is 6.84. The topological polar surface area (TPSA) is 21.3 Å². The maximum atomic E-state index is 12.2. The van der Waals surface area contributed by atoms with Gasteiger partial charge in [-0.3, -0.25) is 0 Å². The second-order valence-corrected chi connectivity index (χ2v) is 5.13. The van der Waals surface area contributed by atoms with Gasteiger partial charge >= 0.3 is 6.61 Å². The lowest BCUT2D eigenvalue weighted by Gasteiger charge is -2.19. The summed E-state index contributed by atoms with van der Waals surface area (Å²) in [7, 11) is 0. The fourth-order valence-corrected chi connectivity index (χ4v) is 2.32. The van der Waals surface area contributed by atoms with Gasteiger partial charge in [0, 0.05) is 17.8 Å². The summed E-state index contributed by atoms with van der Waals surface area (Å²) in [6, 6.07) is 13.0. The smallest absolute Gasteiger partial charge is 0.387 e. The lowest BCUT2D eigenvalue weighted by Crippen LogP contribution is -2.09. The van der Waals surface area contributed by atoms with E-state index in [2.05, 4.69) is 35.2 Å². The Morgan fingerprint density at radius 3 is 2.52 bits per heavy atom. The molecular weight excluding hydrogens is 272 g/mol. The standard InChI is InChI=1S/C17H19F2NO/c1-11-7-8-12(2)16(9-11)13(3)20-14-5-4-6-15(10-14)21-17(18)19/h4-10,13,17,20H,1-3H3. The minimum atomic E-state index is -2.81. The molecular formula is C17H19F2NO. The molecule has 0 spiro atoms. The fourth-order valence-electron chi connectivity index (χ4n) is 2.32. The van der Waals surface area contributed by atoms with E-state index in [1.54, 1.807) is 12.1 Å². The predicted octanol–water partition coefficient (Wildman–Crippen LogP) is 5.08.